The van der Waals surface area contributed by atoms with Crippen LogP contribution in [0.25, 0.3) is 32.8 Å². The number of esters is 1. The first-order valence-electron chi connectivity index (χ1n) is 18.2. The smallest absolute Gasteiger partial charge is 0.355 e. The van der Waals surface area contributed by atoms with Gasteiger partial charge in [-0.2, -0.15) is 5.10 Å². The lowest BCUT2D eigenvalue weighted by atomic mass is 9.94. The van der Waals surface area contributed by atoms with Crippen molar-refractivity contribution in [3.63, 3.8) is 0 Å². The molecule has 0 spiro atoms. The Balaban J connectivity index is 1.32. The van der Waals surface area contributed by atoms with Crippen LogP contribution in [0.2, 0.25) is 0 Å². The third-order valence-electron chi connectivity index (χ3n) is 10.1. The van der Waals surface area contributed by atoms with Gasteiger partial charge in [0.25, 0.3) is 0 Å². The Morgan fingerprint density at radius 1 is 1.00 bits per heavy atom. The summed E-state index contributed by atoms with van der Waals surface area (Å²) in [4.78, 5) is 16.2. The lowest BCUT2D eigenvalue weighted by Crippen LogP contribution is -2.37. The van der Waals surface area contributed by atoms with Crippen LogP contribution in [0.1, 0.15) is 60.2 Å². The number of benzene rings is 3. The van der Waals surface area contributed by atoms with E-state index in [0.29, 0.717) is 75.4 Å². The summed E-state index contributed by atoms with van der Waals surface area (Å²) in [6.45, 7) is 9.26. The molecule has 1 atom stereocenters. The molecule has 2 aliphatic heterocycles. The maximum absolute atomic E-state index is 16.6. The molecular formula is C41H47FN4O5. The van der Waals surface area contributed by atoms with Gasteiger partial charge in [0, 0.05) is 60.8 Å². The third-order valence-corrected chi connectivity index (χ3v) is 10.1. The van der Waals surface area contributed by atoms with E-state index in [1.165, 1.54) is 6.07 Å². The van der Waals surface area contributed by atoms with Crippen molar-refractivity contribution in [2.45, 2.75) is 52.2 Å². The van der Waals surface area contributed by atoms with Gasteiger partial charge in [0.15, 0.2) is 0 Å². The molecular weight excluding hydrogens is 647 g/mol. The Kier molecular flexibility index (Phi) is 10.8. The molecule has 2 aromatic heterocycles. The number of aromatic nitrogens is 3. The molecule has 1 fully saturated rings. The van der Waals surface area contributed by atoms with Crippen molar-refractivity contribution >= 4 is 27.6 Å². The molecule has 0 N–H and O–H groups in total. The molecule has 0 radical (unpaired) electrons. The number of allylic oxidation sites excluding steroid dienone is 1. The van der Waals surface area contributed by atoms with Crippen LogP contribution >= 0.6 is 0 Å². The molecule has 2 aliphatic rings. The van der Waals surface area contributed by atoms with E-state index in [9.17, 15) is 4.79 Å². The standard InChI is InChI=1S/C41H47FN4O5/c1-4-33-37-36-32(42)18-17-31-30(15-11-25-50-34-16-10-13-28-12-6-7-14-29(28)34)40(41(47)49-5-2)46(39(31)36)20-8-9-24-51-35(38(37)43-44(33)3)19-21-45-22-26-48-27-23-45/h6-10,12-14,16-18,35H,4-5,11,15,19-27H2,1-3H3/b9-8-. The van der Waals surface area contributed by atoms with E-state index in [1.807, 2.05) is 58.8 Å². The average molecular weight is 695 g/mol. The van der Waals surface area contributed by atoms with Gasteiger partial charge in [0.05, 0.1) is 44.2 Å². The van der Waals surface area contributed by atoms with Crippen LogP contribution in [-0.4, -0.2) is 77.9 Å². The van der Waals surface area contributed by atoms with Gasteiger partial charge in [-0.3, -0.25) is 9.58 Å². The molecule has 0 aliphatic carbocycles. The lowest BCUT2D eigenvalue weighted by molar-refractivity contribution is 0.0176. The molecule has 10 heteroatoms. The van der Waals surface area contributed by atoms with Gasteiger partial charge in [0.1, 0.15) is 23.4 Å². The maximum atomic E-state index is 16.6. The van der Waals surface area contributed by atoms with Gasteiger partial charge >= 0.3 is 5.97 Å². The van der Waals surface area contributed by atoms with Gasteiger partial charge in [-0.05, 0) is 61.8 Å². The van der Waals surface area contributed by atoms with Gasteiger partial charge in [-0.1, -0.05) is 55.5 Å². The number of rotatable bonds is 11. The first kappa shape index (κ1) is 34.9. The van der Waals surface area contributed by atoms with Crippen molar-refractivity contribution in [2.75, 3.05) is 52.7 Å². The average Bonchev–Trinajstić information content (AvgIpc) is 3.64. The fourth-order valence-corrected chi connectivity index (χ4v) is 7.68. The summed E-state index contributed by atoms with van der Waals surface area (Å²) in [5.74, 6) is 0.0448. The summed E-state index contributed by atoms with van der Waals surface area (Å²) in [7, 11) is 1.92. The predicted molar refractivity (Wildman–Crippen MR) is 197 cm³/mol. The third kappa shape index (κ3) is 7.05. The molecule has 0 bridgehead atoms. The first-order valence-corrected chi connectivity index (χ1v) is 18.2. The quantitative estimate of drug-likeness (QED) is 0.0808. The SMILES string of the molecule is CCOC(=O)c1c(CCCOc2cccc3ccccc23)c2ccc(F)c3c2n1C/C=C\COC(CCN1CCOCC1)c1nn(C)c(CC)c1-3. The molecule has 9 nitrogen and oxygen atoms in total. The monoisotopic (exact) mass is 694 g/mol. The summed E-state index contributed by atoms with van der Waals surface area (Å²) in [5.41, 5.74) is 4.79. The maximum Gasteiger partial charge on any atom is 0.355 e. The van der Waals surface area contributed by atoms with Gasteiger partial charge in [0.2, 0.25) is 0 Å². The van der Waals surface area contributed by atoms with Crippen LogP contribution < -0.4 is 4.74 Å². The number of halogens is 1. The fourth-order valence-electron chi connectivity index (χ4n) is 7.68. The largest absolute Gasteiger partial charge is 0.493 e. The molecule has 0 saturated carbocycles. The highest BCUT2D eigenvalue weighted by Gasteiger charge is 2.32. The highest BCUT2D eigenvalue weighted by molar-refractivity contribution is 6.05. The zero-order chi connectivity index (χ0) is 35.3. The Morgan fingerprint density at radius 3 is 2.65 bits per heavy atom. The molecule has 0 amide bonds. The van der Waals surface area contributed by atoms with Crippen molar-refractivity contribution in [3.8, 4) is 16.9 Å². The minimum atomic E-state index is -0.421. The van der Waals surface area contributed by atoms with Crippen LogP contribution in [0, 0.1) is 5.82 Å². The number of carbonyl (C=O) groups is 1. The Hall–Kier alpha value is -4.51. The molecule has 4 heterocycles. The molecule has 1 unspecified atom stereocenters. The van der Waals surface area contributed by atoms with E-state index in [0.717, 1.165) is 64.1 Å². The van der Waals surface area contributed by atoms with Gasteiger partial charge < -0.3 is 23.5 Å². The Labute approximate surface area is 298 Å². The van der Waals surface area contributed by atoms with E-state index in [2.05, 4.69) is 30.0 Å². The molecule has 5 aromatic rings. The number of hydrogen-bond donors (Lipinski definition) is 0. The van der Waals surface area contributed by atoms with Crippen molar-refractivity contribution in [1.82, 2.24) is 19.2 Å². The number of morpholine rings is 1. The van der Waals surface area contributed by atoms with Crippen LogP contribution in [-0.2, 0) is 40.6 Å². The predicted octanol–water partition coefficient (Wildman–Crippen LogP) is 7.43. The van der Waals surface area contributed by atoms with Crippen LogP contribution in [0.15, 0.2) is 66.7 Å². The number of carbonyl (C=O) groups excluding carboxylic acids is 1. The topological polar surface area (TPSA) is 80.0 Å². The molecule has 3 aromatic carbocycles. The number of nitrogens with zero attached hydrogens (tertiary/aromatic N) is 4. The lowest BCUT2D eigenvalue weighted by Gasteiger charge is -2.28. The number of hydrogen-bond acceptors (Lipinski definition) is 7. The molecule has 7 rings (SSSR count). The van der Waals surface area contributed by atoms with Crippen LogP contribution in [0.5, 0.6) is 5.75 Å². The van der Waals surface area contributed by atoms with Gasteiger partial charge in [-0.25, -0.2) is 9.18 Å². The number of fused-ring (bicyclic) bond motifs is 3. The van der Waals surface area contributed by atoms with E-state index in [-0.39, 0.29) is 18.5 Å². The minimum absolute atomic E-state index is 0.229. The van der Waals surface area contributed by atoms with E-state index in [4.69, 9.17) is 24.0 Å². The summed E-state index contributed by atoms with van der Waals surface area (Å²) in [6.07, 6.45) is 6.16. The summed E-state index contributed by atoms with van der Waals surface area (Å²) < 4.78 is 44.5. The van der Waals surface area contributed by atoms with E-state index < -0.39 is 5.97 Å². The van der Waals surface area contributed by atoms with Crippen molar-refractivity contribution in [1.29, 1.82) is 0 Å². The molecule has 268 valence electrons. The van der Waals surface area contributed by atoms with Crippen molar-refractivity contribution in [2.24, 2.45) is 7.05 Å². The second kappa shape index (κ2) is 15.8. The second-order valence-corrected chi connectivity index (χ2v) is 13.1. The summed E-state index contributed by atoms with van der Waals surface area (Å²) >= 11 is 0. The van der Waals surface area contributed by atoms with Crippen molar-refractivity contribution in [3.05, 3.63) is 95.2 Å². The van der Waals surface area contributed by atoms with E-state index >= 15 is 4.39 Å². The Morgan fingerprint density at radius 2 is 1.82 bits per heavy atom. The zero-order valence-corrected chi connectivity index (χ0v) is 29.8. The second-order valence-electron chi connectivity index (χ2n) is 13.1. The summed E-state index contributed by atoms with van der Waals surface area (Å²) in [5, 5.41) is 8.02. The highest BCUT2D eigenvalue weighted by atomic mass is 19.1. The number of ether oxygens (including phenoxy) is 4. The number of aryl methyl sites for hydroxylation is 2. The van der Waals surface area contributed by atoms with E-state index in [1.54, 1.807) is 6.92 Å². The zero-order valence-electron chi connectivity index (χ0n) is 29.8. The first-order chi connectivity index (χ1) is 25.0. The minimum Gasteiger partial charge on any atom is -0.493 e. The summed E-state index contributed by atoms with van der Waals surface area (Å²) in [6, 6.07) is 17.6. The fraction of sp³-hybridized carbons (Fsp3) is 0.415. The van der Waals surface area contributed by atoms with Crippen LogP contribution in [0.4, 0.5) is 4.39 Å². The molecule has 51 heavy (non-hydrogen) atoms. The normalized spacial score (nSPS) is 17.3. The molecule has 1 saturated heterocycles. The van der Waals surface area contributed by atoms with Crippen LogP contribution in [0.3, 0.4) is 0 Å². The van der Waals surface area contributed by atoms with Gasteiger partial charge in [-0.15, -0.1) is 0 Å². The Bertz CT molecular complexity index is 2040. The highest BCUT2D eigenvalue weighted by Crippen LogP contribution is 2.43. The van der Waals surface area contributed by atoms with Crippen molar-refractivity contribution < 1.29 is 28.1 Å².